The van der Waals surface area contributed by atoms with Crippen LogP contribution in [-0.4, -0.2) is 26.4 Å². The van der Waals surface area contributed by atoms with Crippen LogP contribution in [0, 0.1) is 0 Å². The number of ether oxygens (including phenoxy) is 2. The Morgan fingerprint density at radius 1 is 1.19 bits per heavy atom. The Hall–Kier alpha value is -1.94. The predicted molar refractivity (Wildman–Crippen MR) is 83.9 cm³/mol. The Morgan fingerprint density at radius 3 is 2.86 bits per heavy atom. The number of hydrogen-bond donors (Lipinski definition) is 1. The monoisotopic (exact) mass is 289 g/mol. The summed E-state index contributed by atoms with van der Waals surface area (Å²) in [6, 6.07) is 12.3. The average molecular weight is 289 g/mol. The molecule has 4 heteroatoms. The standard InChI is InChI=1S/C17H23NO3/c1-14(8-9-16-7-4-10-20-16)18-15-5-3-6-17(13-15)21-12-11-19-2/h3-7,10,13-14,18H,8-9,11-12H2,1-2H3. The van der Waals surface area contributed by atoms with E-state index in [0.717, 1.165) is 30.0 Å². The van der Waals surface area contributed by atoms with Gasteiger partial charge in [-0.3, -0.25) is 0 Å². The molecule has 1 aromatic carbocycles. The van der Waals surface area contributed by atoms with Gasteiger partial charge in [-0.05, 0) is 37.6 Å². The molecule has 114 valence electrons. The van der Waals surface area contributed by atoms with Crippen molar-refractivity contribution in [2.24, 2.45) is 0 Å². The summed E-state index contributed by atoms with van der Waals surface area (Å²) in [7, 11) is 1.67. The topological polar surface area (TPSA) is 43.6 Å². The Labute approximate surface area is 126 Å². The van der Waals surface area contributed by atoms with E-state index in [1.54, 1.807) is 13.4 Å². The highest BCUT2D eigenvalue weighted by molar-refractivity contribution is 5.48. The Kier molecular flexibility index (Phi) is 6.16. The van der Waals surface area contributed by atoms with Crippen molar-refractivity contribution in [1.29, 1.82) is 0 Å². The van der Waals surface area contributed by atoms with Crippen LogP contribution in [-0.2, 0) is 11.2 Å². The second-order valence-electron chi connectivity index (χ2n) is 5.03. The minimum atomic E-state index is 0.365. The van der Waals surface area contributed by atoms with Gasteiger partial charge >= 0.3 is 0 Å². The molecule has 1 aromatic heterocycles. The molecule has 0 saturated carbocycles. The van der Waals surface area contributed by atoms with Gasteiger partial charge in [0.15, 0.2) is 0 Å². The van der Waals surface area contributed by atoms with Crippen LogP contribution in [0.4, 0.5) is 5.69 Å². The van der Waals surface area contributed by atoms with Crippen molar-refractivity contribution in [3.63, 3.8) is 0 Å². The first kappa shape index (κ1) is 15.4. The highest BCUT2D eigenvalue weighted by atomic mass is 16.5. The minimum absolute atomic E-state index is 0.365. The summed E-state index contributed by atoms with van der Waals surface area (Å²) in [6.45, 7) is 3.33. The minimum Gasteiger partial charge on any atom is -0.491 e. The van der Waals surface area contributed by atoms with Gasteiger partial charge in [-0.1, -0.05) is 6.07 Å². The van der Waals surface area contributed by atoms with Gasteiger partial charge < -0.3 is 19.2 Å². The lowest BCUT2D eigenvalue weighted by Gasteiger charge is -2.15. The summed E-state index contributed by atoms with van der Waals surface area (Å²) in [5, 5.41) is 3.48. The van der Waals surface area contributed by atoms with E-state index in [-0.39, 0.29) is 0 Å². The third-order valence-corrected chi connectivity index (χ3v) is 3.21. The highest BCUT2D eigenvalue weighted by Gasteiger charge is 2.05. The molecule has 1 heterocycles. The molecule has 0 aliphatic carbocycles. The van der Waals surface area contributed by atoms with E-state index >= 15 is 0 Å². The Morgan fingerprint density at radius 2 is 2.10 bits per heavy atom. The van der Waals surface area contributed by atoms with Gasteiger partial charge in [0.2, 0.25) is 0 Å². The maximum absolute atomic E-state index is 5.61. The normalized spacial score (nSPS) is 12.1. The molecule has 1 N–H and O–H groups in total. The number of hydrogen-bond acceptors (Lipinski definition) is 4. The number of methoxy groups -OCH3 is 1. The fourth-order valence-corrected chi connectivity index (χ4v) is 2.09. The van der Waals surface area contributed by atoms with Crippen LogP contribution in [0.3, 0.4) is 0 Å². The molecule has 0 aliphatic rings. The molecule has 0 fully saturated rings. The zero-order valence-electron chi connectivity index (χ0n) is 12.7. The van der Waals surface area contributed by atoms with E-state index < -0.39 is 0 Å². The fraction of sp³-hybridized carbons (Fsp3) is 0.412. The van der Waals surface area contributed by atoms with Gasteiger partial charge in [0, 0.05) is 31.3 Å². The molecular weight excluding hydrogens is 266 g/mol. The molecule has 2 rings (SSSR count). The molecule has 4 nitrogen and oxygen atoms in total. The van der Waals surface area contributed by atoms with Gasteiger partial charge in [-0.25, -0.2) is 0 Å². The summed E-state index contributed by atoms with van der Waals surface area (Å²) in [4.78, 5) is 0. The quantitative estimate of drug-likeness (QED) is 0.714. The molecular formula is C17H23NO3. The van der Waals surface area contributed by atoms with Crippen molar-refractivity contribution in [3.8, 4) is 5.75 Å². The van der Waals surface area contributed by atoms with E-state index in [0.29, 0.717) is 19.3 Å². The number of benzene rings is 1. The van der Waals surface area contributed by atoms with E-state index in [9.17, 15) is 0 Å². The SMILES string of the molecule is COCCOc1cccc(NC(C)CCc2ccco2)c1. The van der Waals surface area contributed by atoms with E-state index in [1.165, 1.54) is 0 Å². The predicted octanol–water partition coefficient (Wildman–Crippen LogP) is 3.74. The first-order valence-corrected chi connectivity index (χ1v) is 7.28. The van der Waals surface area contributed by atoms with Gasteiger partial charge in [-0.15, -0.1) is 0 Å². The number of anilines is 1. The van der Waals surface area contributed by atoms with Crippen molar-refractivity contribution in [2.75, 3.05) is 25.6 Å². The first-order valence-electron chi connectivity index (χ1n) is 7.28. The lowest BCUT2D eigenvalue weighted by Crippen LogP contribution is -2.16. The lowest BCUT2D eigenvalue weighted by molar-refractivity contribution is 0.146. The second-order valence-corrected chi connectivity index (χ2v) is 5.03. The first-order chi connectivity index (χ1) is 10.3. The smallest absolute Gasteiger partial charge is 0.121 e. The molecule has 1 unspecified atom stereocenters. The molecule has 0 bridgehead atoms. The molecule has 0 saturated heterocycles. The van der Waals surface area contributed by atoms with Gasteiger partial charge in [0.25, 0.3) is 0 Å². The van der Waals surface area contributed by atoms with E-state index in [1.807, 2.05) is 36.4 Å². The van der Waals surface area contributed by atoms with Gasteiger partial charge in [-0.2, -0.15) is 0 Å². The summed E-state index contributed by atoms with van der Waals surface area (Å²) >= 11 is 0. The van der Waals surface area contributed by atoms with Gasteiger partial charge in [0.05, 0.1) is 12.9 Å². The zero-order chi connectivity index (χ0) is 14.9. The van der Waals surface area contributed by atoms with Crippen molar-refractivity contribution in [1.82, 2.24) is 0 Å². The van der Waals surface area contributed by atoms with E-state index in [4.69, 9.17) is 13.9 Å². The molecule has 0 amide bonds. The van der Waals surface area contributed by atoms with Crippen LogP contribution >= 0.6 is 0 Å². The lowest BCUT2D eigenvalue weighted by atomic mass is 10.1. The molecule has 0 spiro atoms. The second kappa shape index (κ2) is 8.37. The van der Waals surface area contributed by atoms with Crippen LogP contribution in [0.5, 0.6) is 5.75 Å². The van der Waals surface area contributed by atoms with Crippen LogP contribution in [0.15, 0.2) is 47.1 Å². The maximum atomic E-state index is 5.61. The van der Waals surface area contributed by atoms with Crippen LogP contribution in [0.2, 0.25) is 0 Å². The highest BCUT2D eigenvalue weighted by Crippen LogP contribution is 2.19. The third-order valence-electron chi connectivity index (χ3n) is 3.21. The van der Waals surface area contributed by atoms with Crippen LogP contribution < -0.4 is 10.1 Å². The fourth-order valence-electron chi connectivity index (χ4n) is 2.09. The van der Waals surface area contributed by atoms with Crippen LogP contribution in [0.25, 0.3) is 0 Å². The van der Waals surface area contributed by atoms with Crippen LogP contribution in [0.1, 0.15) is 19.1 Å². The average Bonchev–Trinajstić information content (AvgIpc) is 2.99. The summed E-state index contributed by atoms with van der Waals surface area (Å²) in [5.74, 6) is 1.88. The number of rotatable bonds is 9. The molecule has 0 aliphatic heterocycles. The number of furan rings is 1. The van der Waals surface area contributed by atoms with E-state index in [2.05, 4.69) is 12.2 Å². The summed E-state index contributed by atoms with van der Waals surface area (Å²) in [6.07, 6.45) is 3.67. The van der Waals surface area contributed by atoms with Crippen molar-refractivity contribution >= 4 is 5.69 Å². The summed E-state index contributed by atoms with van der Waals surface area (Å²) in [5.41, 5.74) is 1.07. The maximum Gasteiger partial charge on any atom is 0.121 e. The molecule has 0 radical (unpaired) electrons. The Bertz CT molecular complexity index is 511. The summed E-state index contributed by atoms with van der Waals surface area (Å²) < 4.78 is 15.9. The number of aryl methyl sites for hydroxylation is 1. The Balaban J connectivity index is 1.79. The van der Waals surface area contributed by atoms with Crippen molar-refractivity contribution < 1.29 is 13.9 Å². The third kappa shape index (κ3) is 5.52. The largest absolute Gasteiger partial charge is 0.491 e. The number of nitrogens with one attached hydrogen (secondary N) is 1. The molecule has 1 atom stereocenters. The molecule has 2 aromatic rings. The van der Waals surface area contributed by atoms with Crippen molar-refractivity contribution in [3.05, 3.63) is 48.4 Å². The van der Waals surface area contributed by atoms with Gasteiger partial charge in [0.1, 0.15) is 18.1 Å². The van der Waals surface area contributed by atoms with Crippen molar-refractivity contribution in [2.45, 2.75) is 25.8 Å². The molecule has 21 heavy (non-hydrogen) atoms. The zero-order valence-corrected chi connectivity index (χ0v) is 12.7.